The maximum Gasteiger partial charge on any atom is 0.340 e. The van der Waals surface area contributed by atoms with Crippen molar-refractivity contribution in [2.75, 3.05) is 26.7 Å². The summed E-state index contributed by atoms with van der Waals surface area (Å²) in [6.07, 6.45) is 3.49. The topological polar surface area (TPSA) is 66.9 Å². The zero-order valence-corrected chi connectivity index (χ0v) is 16.7. The van der Waals surface area contributed by atoms with Gasteiger partial charge in [0.15, 0.2) is 0 Å². The van der Waals surface area contributed by atoms with Crippen molar-refractivity contribution in [2.45, 2.75) is 56.3 Å². The van der Waals surface area contributed by atoms with Gasteiger partial charge in [-0.05, 0) is 38.2 Å². The summed E-state index contributed by atoms with van der Waals surface area (Å²) in [6, 6.07) is 0.440. The highest BCUT2D eigenvalue weighted by Gasteiger charge is 2.38. The van der Waals surface area contributed by atoms with Crippen molar-refractivity contribution < 1.29 is 17.9 Å². The van der Waals surface area contributed by atoms with Crippen LogP contribution in [0.15, 0.2) is 4.21 Å². The number of methoxy groups -OCH3 is 1. The summed E-state index contributed by atoms with van der Waals surface area (Å²) in [6.45, 7) is 6.94. The lowest BCUT2D eigenvalue weighted by Crippen LogP contribution is -2.37. The van der Waals surface area contributed by atoms with E-state index in [1.807, 2.05) is 0 Å². The van der Waals surface area contributed by atoms with Gasteiger partial charge in [-0.2, -0.15) is 4.31 Å². The lowest BCUT2D eigenvalue weighted by Gasteiger charge is -2.31. The van der Waals surface area contributed by atoms with Gasteiger partial charge in [-0.25, -0.2) is 13.2 Å². The molecule has 2 aliphatic heterocycles. The van der Waals surface area contributed by atoms with E-state index in [1.54, 1.807) is 0 Å². The Kier molecular flexibility index (Phi) is 5.53. The van der Waals surface area contributed by atoms with Crippen LogP contribution in [0.2, 0.25) is 0 Å². The molecule has 0 bridgehead atoms. The van der Waals surface area contributed by atoms with Gasteiger partial charge in [-0.1, -0.05) is 6.92 Å². The molecule has 0 radical (unpaired) electrons. The van der Waals surface area contributed by atoms with E-state index >= 15 is 0 Å². The summed E-state index contributed by atoms with van der Waals surface area (Å²) in [5.41, 5.74) is 1.15. The van der Waals surface area contributed by atoms with Gasteiger partial charge >= 0.3 is 5.97 Å². The zero-order chi connectivity index (χ0) is 18.2. The van der Waals surface area contributed by atoms with Crippen LogP contribution < -0.4 is 0 Å². The van der Waals surface area contributed by atoms with E-state index < -0.39 is 16.0 Å². The van der Waals surface area contributed by atoms with Crippen molar-refractivity contribution in [1.82, 2.24) is 9.21 Å². The van der Waals surface area contributed by atoms with Crippen LogP contribution >= 0.6 is 11.3 Å². The lowest BCUT2D eigenvalue weighted by atomic mass is 10.0. The number of ether oxygens (including phenoxy) is 1. The van der Waals surface area contributed by atoms with Crippen LogP contribution in [0.1, 0.15) is 53.9 Å². The van der Waals surface area contributed by atoms with Crippen LogP contribution in [0.3, 0.4) is 0 Å². The standard InChI is InChI=1S/C17H26N2O4S2/c1-4-12(2)18-10-7-13-14(11-18)24-17(15(13)16(20)23-3)25(21,22)19-8-5-6-9-19/h12H,4-11H2,1-3H3. The van der Waals surface area contributed by atoms with Crippen molar-refractivity contribution in [3.8, 4) is 0 Å². The van der Waals surface area contributed by atoms with Gasteiger partial charge in [0, 0.05) is 37.1 Å². The molecule has 1 aromatic heterocycles. The van der Waals surface area contributed by atoms with Gasteiger partial charge in [-0.3, -0.25) is 4.90 Å². The van der Waals surface area contributed by atoms with E-state index in [2.05, 4.69) is 18.7 Å². The Morgan fingerprint density at radius 1 is 1.28 bits per heavy atom. The number of fused-ring (bicyclic) bond motifs is 1. The molecule has 2 aliphatic rings. The third-order valence-electron chi connectivity index (χ3n) is 5.30. The molecule has 1 unspecified atom stereocenters. The first-order chi connectivity index (χ1) is 11.9. The van der Waals surface area contributed by atoms with E-state index in [-0.39, 0.29) is 9.77 Å². The van der Waals surface area contributed by atoms with Crippen molar-refractivity contribution in [3.05, 3.63) is 16.0 Å². The van der Waals surface area contributed by atoms with Gasteiger partial charge in [0.2, 0.25) is 0 Å². The maximum atomic E-state index is 13.1. The molecule has 25 heavy (non-hydrogen) atoms. The summed E-state index contributed by atoms with van der Waals surface area (Å²) >= 11 is 1.26. The van der Waals surface area contributed by atoms with E-state index in [0.29, 0.717) is 32.1 Å². The molecule has 0 N–H and O–H groups in total. The van der Waals surface area contributed by atoms with Crippen molar-refractivity contribution >= 4 is 27.3 Å². The second-order valence-electron chi connectivity index (χ2n) is 6.75. The van der Waals surface area contributed by atoms with Gasteiger partial charge in [-0.15, -0.1) is 11.3 Å². The van der Waals surface area contributed by atoms with Crippen LogP contribution in [0.5, 0.6) is 0 Å². The quantitative estimate of drug-likeness (QED) is 0.728. The third kappa shape index (κ3) is 3.37. The minimum Gasteiger partial charge on any atom is -0.465 e. The fourth-order valence-electron chi connectivity index (χ4n) is 3.57. The largest absolute Gasteiger partial charge is 0.465 e. The van der Waals surface area contributed by atoms with Crippen molar-refractivity contribution in [2.24, 2.45) is 0 Å². The first kappa shape index (κ1) is 18.8. The average Bonchev–Trinajstić information content (AvgIpc) is 3.27. The molecule has 6 nitrogen and oxygen atoms in total. The molecule has 0 aromatic carbocycles. The first-order valence-corrected chi connectivity index (χ1v) is 11.1. The highest BCUT2D eigenvalue weighted by molar-refractivity contribution is 7.91. The van der Waals surface area contributed by atoms with Gasteiger partial charge < -0.3 is 4.74 Å². The second-order valence-corrected chi connectivity index (χ2v) is 9.99. The summed E-state index contributed by atoms with van der Waals surface area (Å²) in [7, 11) is -2.32. The fraction of sp³-hybridized carbons (Fsp3) is 0.706. The molecular formula is C17H26N2O4S2. The predicted molar refractivity (Wildman–Crippen MR) is 97.5 cm³/mol. The van der Waals surface area contributed by atoms with Crippen LogP contribution in [-0.4, -0.2) is 56.4 Å². The van der Waals surface area contributed by atoms with Crippen molar-refractivity contribution in [1.29, 1.82) is 0 Å². The number of nitrogens with zero attached hydrogens (tertiary/aromatic N) is 2. The van der Waals surface area contributed by atoms with E-state index in [4.69, 9.17) is 4.74 Å². The molecule has 3 rings (SSSR count). The van der Waals surface area contributed by atoms with E-state index in [9.17, 15) is 13.2 Å². The van der Waals surface area contributed by atoms with Crippen LogP contribution in [-0.2, 0) is 27.7 Å². The Labute approximate surface area is 153 Å². The van der Waals surface area contributed by atoms with Crippen molar-refractivity contribution in [3.63, 3.8) is 0 Å². The highest BCUT2D eigenvalue weighted by atomic mass is 32.2. The second kappa shape index (κ2) is 7.34. The number of carbonyl (C=O) groups is 1. The molecule has 0 amide bonds. The monoisotopic (exact) mass is 386 g/mol. The molecule has 1 aromatic rings. The molecule has 0 spiro atoms. The maximum absolute atomic E-state index is 13.1. The minimum atomic E-state index is -3.63. The molecule has 8 heteroatoms. The molecule has 0 saturated carbocycles. The average molecular weight is 387 g/mol. The molecule has 140 valence electrons. The summed E-state index contributed by atoms with van der Waals surface area (Å²) in [4.78, 5) is 15.7. The van der Waals surface area contributed by atoms with Crippen LogP contribution in [0.25, 0.3) is 0 Å². The fourth-order valence-corrected chi connectivity index (χ4v) is 7.14. The number of sulfonamides is 1. The Hall–Kier alpha value is -0.960. The Balaban J connectivity index is 2.04. The van der Waals surface area contributed by atoms with Crippen LogP contribution in [0.4, 0.5) is 0 Å². The number of thiophene rings is 1. The van der Waals surface area contributed by atoms with Gasteiger partial charge in [0.25, 0.3) is 10.0 Å². The number of rotatable bonds is 5. The Bertz CT molecular complexity index is 751. The number of carbonyl (C=O) groups excluding carboxylic acids is 1. The van der Waals surface area contributed by atoms with Crippen LogP contribution in [0, 0.1) is 0 Å². The zero-order valence-electron chi connectivity index (χ0n) is 15.1. The molecule has 1 saturated heterocycles. The first-order valence-electron chi connectivity index (χ1n) is 8.87. The highest BCUT2D eigenvalue weighted by Crippen LogP contribution is 2.39. The molecule has 0 aliphatic carbocycles. The lowest BCUT2D eigenvalue weighted by molar-refractivity contribution is 0.0595. The normalized spacial score (nSPS) is 20.4. The number of hydrogen-bond acceptors (Lipinski definition) is 6. The van der Waals surface area contributed by atoms with E-state index in [1.165, 1.54) is 22.8 Å². The third-order valence-corrected chi connectivity index (χ3v) is 8.91. The van der Waals surface area contributed by atoms with Gasteiger partial charge in [0.1, 0.15) is 4.21 Å². The number of hydrogen-bond donors (Lipinski definition) is 0. The van der Waals surface area contributed by atoms with Gasteiger partial charge in [0.05, 0.1) is 12.7 Å². The predicted octanol–water partition coefficient (Wildman–Crippen LogP) is 2.48. The smallest absolute Gasteiger partial charge is 0.340 e. The molecule has 1 atom stereocenters. The Morgan fingerprint density at radius 2 is 1.96 bits per heavy atom. The minimum absolute atomic E-state index is 0.178. The molecule has 1 fully saturated rings. The molecule has 3 heterocycles. The number of esters is 1. The Morgan fingerprint density at radius 3 is 2.56 bits per heavy atom. The molecular weight excluding hydrogens is 360 g/mol. The SMILES string of the molecule is CCC(C)N1CCc2c(sc(S(=O)(=O)N3CCCC3)c2C(=O)OC)C1. The summed E-state index contributed by atoms with van der Waals surface area (Å²) in [5.74, 6) is -0.535. The summed E-state index contributed by atoms with van der Waals surface area (Å²) in [5, 5.41) is 0. The summed E-state index contributed by atoms with van der Waals surface area (Å²) < 4.78 is 32.8. The van der Waals surface area contributed by atoms with E-state index in [0.717, 1.165) is 36.2 Å².